The van der Waals surface area contributed by atoms with Gasteiger partial charge in [0, 0.05) is 32.9 Å². The highest BCUT2D eigenvalue weighted by Gasteiger charge is 2.33. The van der Waals surface area contributed by atoms with Crippen LogP contribution in [0.5, 0.6) is 5.75 Å². The van der Waals surface area contributed by atoms with Gasteiger partial charge in [-0.3, -0.25) is 4.79 Å². The molecule has 1 aromatic rings. The van der Waals surface area contributed by atoms with Crippen LogP contribution in [-0.2, 0) is 15.0 Å². The van der Waals surface area contributed by atoms with Gasteiger partial charge < -0.3 is 10.1 Å². The highest BCUT2D eigenvalue weighted by molar-refractivity contribution is 7.86. The van der Waals surface area contributed by atoms with Crippen LogP contribution in [0.2, 0.25) is 0 Å². The molecule has 134 valence electrons. The number of carbonyl (C=O) groups is 1. The number of anilines is 1. The summed E-state index contributed by atoms with van der Waals surface area (Å²) in [6.45, 7) is 3.16. The van der Waals surface area contributed by atoms with Crippen LogP contribution in [0, 0.1) is 5.92 Å². The van der Waals surface area contributed by atoms with Crippen molar-refractivity contribution in [2.45, 2.75) is 19.8 Å². The Balaban J connectivity index is 1.99. The molecule has 0 unspecified atom stereocenters. The molecule has 1 aromatic carbocycles. The zero-order chi connectivity index (χ0) is 17.7. The van der Waals surface area contributed by atoms with Crippen LogP contribution < -0.4 is 10.1 Å². The van der Waals surface area contributed by atoms with Gasteiger partial charge in [-0.15, -0.1) is 0 Å². The second-order valence-electron chi connectivity index (χ2n) is 5.93. The van der Waals surface area contributed by atoms with Crippen molar-refractivity contribution in [3.05, 3.63) is 24.3 Å². The Hall–Kier alpha value is -1.64. The van der Waals surface area contributed by atoms with Crippen LogP contribution in [0.25, 0.3) is 0 Å². The number of nitrogens with zero attached hydrogens (tertiary/aromatic N) is 2. The fourth-order valence-corrected chi connectivity index (χ4v) is 3.83. The lowest BCUT2D eigenvalue weighted by atomic mass is 9.99. The van der Waals surface area contributed by atoms with E-state index in [1.165, 1.54) is 22.7 Å². The van der Waals surface area contributed by atoms with E-state index in [-0.39, 0.29) is 18.4 Å². The number of nitrogens with one attached hydrogen (secondary N) is 1. The van der Waals surface area contributed by atoms with Crippen molar-refractivity contribution in [2.24, 2.45) is 5.92 Å². The summed E-state index contributed by atoms with van der Waals surface area (Å²) in [5.74, 6) is 0.245. The van der Waals surface area contributed by atoms with Crippen molar-refractivity contribution < 1.29 is 17.9 Å². The Bertz CT molecular complexity index is 658. The summed E-state index contributed by atoms with van der Waals surface area (Å²) in [5.41, 5.74) is 0.677. The van der Waals surface area contributed by atoms with Crippen molar-refractivity contribution in [1.29, 1.82) is 0 Å². The van der Waals surface area contributed by atoms with Gasteiger partial charge in [0.2, 0.25) is 5.91 Å². The summed E-state index contributed by atoms with van der Waals surface area (Å²) in [6, 6.07) is 7.14. The predicted octanol–water partition coefficient (Wildman–Crippen LogP) is 1.54. The summed E-state index contributed by atoms with van der Waals surface area (Å²) in [4.78, 5) is 12.4. The molecular formula is C16H25N3O4S. The first-order valence-electron chi connectivity index (χ1n) is 8.06. The van der Waals surface area contributed by atoms with Gasteiger partial charge in [0.1, 0.15) is 5.75 Å². The number of ether oxygens (including phenoxy) is 1. The van der Waals surface area contributed by atoms with Crippen molar-refractivity contribution >= 4 is 21.8 Å². The molecule has 1 saturated heterocycles. The molecule has 0 bridgehead atoms. The number of hydrogen-bond acceptors (Lipinski definition) is 4. The Labute approximate surface area is 143 Å². The molecule has 1 aliphatic rings. The van der Waals surface area contributed by atoms with Gasteiger partial charge in [-0.25, -0.2) is 0 Å². The summed E-state index contributed by atoms with van der Waals surface area (Å²) >= 11 is 0. The molecule has 0 saturated carbocycles. The molecule has 0 spiro atoms. The molecule has 1 fully saturated rings. The largest absolute Gasteiger partial charge is 0.494 e. The third kappa shape index (κ3) is 4.46. The molecule has 0 aromatic heterocycles. The molecule has 0 radical (unpaired) electrons. The quantitative estimate of drug-likeness (QED) is 0.840. The minimum atomic E-state index is -3.48. The maximum absolute atomic E-state index is 12.4. The molecule has 1 atom stereocenters. The van der Waals surface area contributed by atoms with E-state index in [0.717, 1.165) is 5.75 Å². The lowest BCUT2D eigenvalue weighted by Gasteiger charge is -2.32. The molecule has 7 nitrogen and oxygen atoms in total. The second kappa shape index (κ2) is 7.96. The van der Waals surface area contributed by atoms with E-state index >= 15 is 0 Å². The lowest BCUT2D eigenvalue weighted by molar-refractivity contribution is -0.120. The first-order valence-corrected chi connectivity index (χ1v) is 9.45. The lowest BCUT2D eigenvalue weighted by Crippen LogP contribution is -2.47. The van der Waals surface area contributed by atoms with Crippen LogP contribution in [0.15, 0.2) is 24.3 Å². The van der Waals surface area contributed by atoms with Gasteiger partial charge in [0.05, 0.1) is 12.5 Å². The smallest absolute Gasteiger partial charge is 0.281 e. The Morgan fingerprint density at radius 3 is 2.58 bits per heavy atom. The van der Waals surface area contributed by atoms with Gasteiger partial charge in [-0.2, -0.15) is 17.0 Å². The highest BCUT2D eigenvalue weighted by Crippen LogP contribution is 2.22. The van der Waals surface area contributed by atoms with Gasteiger partial charge in [-0.05, 0) is 44.0 Å². The van der Waals surface area contributed by atoms with Crippen molar-refractivity contribution in [2.75, 3.05) is 39.1 Å². The van der Waals surface area contributed by atoms with Crippen LogP contribution >= 0.6 is 0 Å². The van der Waals surface area contributed by atoms with Crippen molar-refractivity contribution in [1.82, 2.24) is 8.61 Å². The minimum Gasteiger partial charge on any atom is -0.494 e. The van der Waals surface area contributed by atoms with Crippen molar-refractivity contribution in [3.8, 4) is 5.75 Å². The van der Waals surface area contributed by atoms with Gasteiger partial charge >= 0.3 is 0 Å². The number of hydrogen-bond donors (Lipinski definition) is 1. The van der Waals surface area contributed by atoms with Crippen LogP contribution in [-0.4, -0.2) is 56.7 Å². The number of carbonyl (C=O) groups excluding carboxylic acids is 1. The number of rotatable bonds is 6. The predicted molar refractivity (Wildman–Crippen MR) is 93.1 cm³/mol. The van der Waals surface area contributed by atoms with E-state index in [9.17, 15) is 13.2 Å². The van der Waals surface area contributed by atoms with Gasteiger partial charge in [0.15, 0.2) is 0 Å². The topological polar surface area (TPSA) is 79.0 Å². The summed E-state index contributed by atoms with van der Waals surface area (Å²) in [6.07, 6.45) is 1.36. The molecule has 8 heteroatoms. The third-order valence-corrected chi connectivity index (χ3v) is 5.88. The molecule has 0 aliphatic carbocycles. The van der Waals surface area contributed by atoms with Gasteiger partial charge in [0.25, 0.3) is 10.2 Å². The number of piperidine rings is 1. The Morgan fingerprint density at radius 2 is 2.00 bits per heavy atom. The van der Waals surface area contributed by atoms with E-state index < -0.39 is 10.2 Å². The average molecular weight is 355 g/mol. The molecule has 1 heterocycles. The minimum absolute atomic E-state index is 0.155. The number of amides is 1. The molecule has 1 amide bonds. The normalized spacial score (nSPS) is 19.2. The zero-order valence-electron chi connectivity index (χ0n) is 14.4. The second-order valence-corrected chi connectivity index (χ2v) is 8.08. The van der Waals surface area contributed by atoms with Crippen LogP contribution in [0.1, 0.15) is 19.8 Å². The molecule has 1 aliphatic heterocycles. The fraction of sp³-hybridized carbons (Fsp3) is 0.562. The summed E-state index contributed by atoms with van der Waals surface area (Å²) < 4.78 is 32.4. The monoisotopic (exact) mass is 355 g/mol. The SMILES string of the molecule is CCOc1ccc(NC(=O)[C@H]2CCCN(S(=O)(=O)N(C)C)C2)cc1. The molecule has 1 N–H and O–H groups in total. The number of benzene rings is 1. The van der Waals surface area contributed by atoms with E-state index in [1.54, 1.807) is 24.3 Å². The van der Waals surface area contributed by atoms with Crippen LogP contribution in [0.3, 0.4) is 0 Å². The Morgan fingerprint density at radius 1 is 1.33 bits per heavy atom. The van der Waals surface area contributed by atoms with E-state index in [1.807, 2.05) is 6.92 Å². The molecule has 2 rings (SSSR count). The van der Waals surface area contributed by atoms with Gasteiger partial charge in [-0.1, -0.05) is 0 Å². The highest BCUT2D eigenvalue weighted by atomic mass is 32.2. The van der Waals surface area contributed by atoms with Crippen LogP contribution in [0.4, 0.5) is 5.69 Å². The summed E-state index contributed by atoms with van der Waals surface area (Å²) in [5, 5.41) is 2.85. The van der Waals surface area contributed by atoms with Crippen molar-refractivity contribution in [3.63, 3.8) is 0 Å². The van der Waals surface area contributed by atoms with E-state index in [2.05, 4.69) is 5.32 Å². The maximum atomic E-state index is 12.4. The Kier molecular flexibility index (Phi) is 6.20. The van der Waals surface area contributed by atoms with E-state index in [4.69, 9.17) is 4.74 Å². The first kappa shape index (κ1) is 18.7. The fourth-order valence-electron chi connectivity index (χ4n) is 2.64. The first-order chi connectivity index (χ1) is 11.3. The van der Waals surface area contributed by atoms with E-state index in [0.29, 0.717) is 31.7 Å². The standard InChI is InChI=1S/C16H25N3O4S/c1-4-23-15-9-7-14(8-10-15)17-16(20)13-6-5-11-19(12-13)24(21,22)18(2)3/h7-10,13H,4-6,11-12H2,1-3H3,(H,17,20)/t13-/m0/s1. The average Bonchev–Trinajstić information content (AvgIpc) is 2.57. The maximum Gasteiger partial charge on any atom is 0.281 e. The molecule has 24 heavy (non-hydrogen) atoms. The summed E-state index contributed by atoms with van der Waals surface area (Å²) in [7, 11) is -0.483. The zero-order valence-corrected chi connectivity index (χ0v) is 15.2. The third-order valence-electron chi connectivity index (χ3n) is 3.98. The molecular weight excluding hydrogens is 330 g/mol.